The van der Waals surface area contributed by atoms with Crippen molar-refractivity contribution in [1.29, 1.82) is 0 Å². The fourth-order valence-electron chi connectivity index (χ4n) is 2.49. The summed E-state index contributed by atoms with van der Waals surface area (Å²) in [6, 6.07) is 13.9. The van der Waals surface area contributed by atoms with Gasteiger partial charge in [-0.25, -0.2) is 10.9 Å². The van der Waals surface area contributed by atoms with Crippen LogP contribution in [0.15, 0.2) is 42.5 Å². The molecular formula is C15H15Cl2N3. The Balaban J connectivity index is 1.78. The van der Waals surface area contributed by atoms with E-state index in [0.717, 1.165) is 17.7 Å². The third-order valence-electron chi connectivity index (χ3n) is 3.58. The summed E-state index contributed by atoms with van der Waals surface area (Å²) in [6.07, 6.45) is 0.922. The Morgan fingerprint density at radius 3 is 2.35 bits per heavy atom. The number of halogens is 2. The highest BCUT2D eigenvalue weighted by molar-refractivity contribution is 6.35. The monoisotopic (exact) mass is 307 g/mol. The first-order valence-corrected chi connectivity index (χ1v) is 7.20. The highest BCUT2D eigenvalue weighted by atomic mass is 35.5. The van der Waals surface area contributed by atoms with E-state index in [1.54, 1.807) is 6.07 Å². The molecule has 0 saturated carbocycles. The van der Waals surface area contributed by atoms with E-state index in [-0.39, 0.29) is 12.1 Å². The molecule has 4 N–H and O–H groups in total. The van der Waals surface area contributed by atoms with E-state index < -0.39 is 0 Å². The topological polar surface area (TPSA) is 50.1 Å². The lowest BCUT2D eigenvalue weighted by Gasteiger charge is -2.12. The Bertz CT molecular complexity index is 613. The van der Waals surface area contributed by atoms with Crippen LogP contribution in [-0.2, 0) is 0 Å². The zero-order valence-corrected chi connectivity index (χ0v) is 12.2. The zero-order valence-electron chi connectivity index (χ0n) is 10.7. The lowest BCUT2D eigenvalue weighted by atomic mass is 9.97. The van der Waals surface area contributed by atoms with Gasteiger partial charge in [-0.3, -0.25) is 0 Å². The number of nitrogens with one attached hydrogen (secondary N) is 2. The van der Waals surface area contributed by atoms with Crippen molar-refractivity contribution in [3.05, 3.63) is 63.6 Å². The molecule has 2 aromatic rings. The fraction of sp³-hybridized carbons (Fsp3) is 0.200. The number of hydrazine groups is 1. The number of hydrogen-bond donors (Lipinski definition) is 3. The summed E-state index contributed by atoms with van der Waals surface area (Å²) in [5.74, 6) is 0. The van der Waals surface area contributed by atoms with Crippen molar-refractivity contribution in [3.8, 4) is 0 Å². The molecule has 0 amide bonds. The molecule has 1 aliphatic heterocycles. The van der Waals surface area contributed by atoms with Gasteiger partial charge in [-0.05, 0) is 41.8 Å². The maximum Gasteiger partial charge on any atom is 0.0496 e. The molecule has 0 radical (unpaired) electrons. The number of nitrogens with two attached hydrogens (primary N) is 1. The average Bonchev–Trinajstić information content (AvgIpc) is 2.89. The third kappa shape index (κ3) is 2.76. The molecule has 3 nitrogen and oxygen atoms in total. The van der Waals surface area contributed by atoms with Crippen molar-refractivity contribution in [2.75, 3.05) is 5.73 Å². The predicted octanol–water partition coefficient (Wildman–Crippen LogP) is 3.86. The largest absolute Gasteiger partial charge is 0.399 e. The van der Waals surface area contributed by atoms with Crippen LogP contribution in [0.2, 0.25) is 10.0 Å². The Kier molecular flexibility index (Phi) is 3.85. The molecule has 0 spiro atoms. The van der Waals surface area contributed by atoms with Crippen molar-refractivity contribution in [1.82, 2.24) is 10.9 Å². The summed E-state index contributed by atoms with van der Waals surface area (Å²) in [5.41, 5.74) is 15.3. The van der Waals surface area contributed by atoms with Gasteiger partial charge in [-0.15, -0.1) is 0 Å². The second kappa shape index (κ2) is 5.62. The van der Waals surface area contributed by atoms with Crippen LogP contribution in [0.5, 0.6) is 0 Å². The van der Waals surface area contributed by atoms with Crippen molar-refractivity contribution in [2.45, 2.75) is 18.5 Å². The van der Waals surface area contributed by atoms with Crippen LogP contribution in [0, 0.1) is 0 Å². The molecule has 2 unspecified atom stereocenters. The van der Waals surface area contributed by atoms with E-state index in [2.05, 4.69) is 10.9 Å². The molecule has 104 valence electrons. The maximum atomic E-state index is 6.26. The lowest BCUT2D eigenvalue weighted by molar-refractivity contribution is 0.555. The molecule has 0 bridgehead atoms. The molecule has 0 aromatic heterocycles. The van der Waals surface area contributed by atoms with E-state index in [9.17, 15) is 0 Å². The second-order valence-electron chi connectivity index (χ2n) is 4.96. The quantitative estimate of drug-likeness (QED) is 0.739. The first-order valence-electron chi connectivity index (χ1n) is 6.45. The Labute approximate surface area is 128 Å². The molecule has 1 aliphatic rings. The highest BCUT2D eigenvalue weighted by Crippen LogP contribution is 2.35. The van der Waals surface area contributed by atoms with Gasteiger partial charge in [0.2, 0.25) is 0 Å². The molecule has 3 rings (SSSR count). The Morgan fingerprint density at radius 1 is 0.950 bits per heavy atom. The van der Waals surface area contributed by atoms with E-state index in [1.807, 2.05) is 36.4 Å². The van der Waals surface area contributed by atoms with Crippen LogP contribution in [-0.4, -0.2) is 0 Å². The Hall–Kier alpha value is -1.26. The van der Waals surface area contributed by atoms with Crippen molar-refractivity contribution in [3.63, 3.8) is 0 Å². The zero-order chi connectivity index (χ0) is 14.1. The average molecular weight is 308 g/mol. The summed E-state index contributed by atoms with van der Waals surface area (Å²) in [6.45, 7) is 0. The maximum absolute atomic E-state index is 6.26. The van der Waals surface area contributed by atoms with Gasteiger partial charge < -0.3 is 5.73 Å². The smallest absolute Gasteiger partial charge is 0.0496 e. The molecule has 2 atom stereocenters. The van der Waals surface area contributed by atoms with Crippen molar-refractivity contribution in [2.24, 2.45) is 0 Å². The first kappa shape index (κ1) is 13.7. The van der Waals surface area contributed by atoms with Gasteiger partial charge in [0, 0.05) is 27.8 Å². The first-order chi connectivity index (χ1) is 9.63. The number of benzene rings is 2. The Morgan fingerprint density at radius 2 is 1.65 bits per heavy atom. The van der Waals surface area contributed by atoms with Gasteiger partial charge in [0.1, 0.15) is 0 Å². The van der Waals surface area contributed by atoms with Crippen molar-refractivity contribution >= 4 is 28.9 Å². The minimum absolute atomic E-state index is 0.169. The van der Waals surface area contributed by atoms with E-state index >= 15 is 0 Å². The standard InChI is InChI=1S/C15H15Cl2N3/c16-10-3-6-12(13(17)7-10)15-8-14(19-20-15)9-1-4-11(18)5-2-9/h1-7,14-15,19-20H,8,18H2. The van der Waals surface area contributed by atoms with Gasteiger partial charge in [-0.2, -0.15) is 0 Å². The van der Waals surface area contributed by atoms with Gasteiger partial charge in [0.25, 0.3) is 0 Å². The van der Waals surface area contributed by atoms with Gasteiger partial charge in [0.05, 0.1) is 0 Å². The van der Waals surface area contributed by atoms with Crippen LogP contribution in [0.25, 0.3) is 0 Å². The third-order valence-corrected chi connectivity index (χ3v) is 4.14. The fourth-order valence-corrected chi connectivity index (χ4v) is 3.03. The molecule has 5 heteroatoms. The minimum Gasteiger partial charge on any atom is -0.399 e. The molecule has 1 heterocycles. The van der Waals surface area contributed by atoms with Crippen LogP contribution in [0.4, 0.5) is 5.69 Å². The van der Waals surface area contributed by atoms with Crippen molar-refractivity contribution < 1.29 is 0 Å². The number of anilines is 1. The summed E-state index contributed by atoms with van der Waals surface area (Å²) in [5, 5.41) is 1.34. The van der Waals surface area contributed by atoms with Crippen LogP contribution in [0.1, 0.15) is 29.6 Å². The molecule has 2 aromatic carbocycles. The van der Waals surface area contributed by atoms with E-state index in [4.69, 9.17) is 28.9 Å². The molecule has 0 aliphatic carbocycles. The van der Waals surface area contributed by atoms with Crippen LogP contribution >= 0.6 is 23.2 Å². The van der Waals surface area contributed by atoms with E-state index in [1.165, 1.54) is 5.56 Å². The van der Waals surface area contributed by atoms with E-state index in [0.29, 0.717) is 10.0 Å². The van der Waals surface area contributed by atoms with Gasteiger partial charge >= 0.3 is 0 Å². The minimum atomic E-state index is 0.169. The van der Waals surface area contributed by atoms with Gasteiger partial charge in [-0.1, -0.05) is 41.4 Å². The summed E-state index contributed by atoms with van der Waals surface area (Å²) < 4.78 is 0. The molecular weight excluding hydrogens is 293 g/mol. The van der Waals surface area contributed by atoms with Crippen LogP contribution < -0.4 is 16.6 Å². The predicted molar refractivity (Wildman–Crippen MR) is 83.7 cm³/mol. The number of hydrogen-bond acceptors (Lipinski definition) is 3. The number of rotatable bonds is 2. The van der Waals surface area contributed by atoms with Crippen LogP contribution in [0.3, 0.4) is 0 Å². The lowest BCUT2D eigenvalue weighted by Crippen LogP contribution is -2.26. The SMILES string of the molecule is Nc1ccc(C2CC(c3ccc(Cl)cc3Cl)NN2)cc1. The summed E-state index contributed by atoms with van der Waals surface area (Å²) in [7, 11) is 0. The summed E-state index contributed by atoms with van der Waals surface area (Å²) in [4.78, 5) is 0. The van der Waals surface area contributed by atoms with Gasteiger partial charge in [0.15, 0.2) is 0 Å². The molecule has 20 heavy (non-hydrogen) atoms. The normalized spacial score (nSPS) is 22.1. The molecule has 1 saturated heterocycles. The molecule has 1 fully saturated rings. The second-order valence-corrected chi connectivity index (χ2v) is 5.81. The summed E-state index contributed by atoms with van der Waals surface area (Å²) >= 11 is 12.2. The highest BCUT2D eigenvalue weighted by Gasteiger charge is 2.27. The number of nitrogen functional groups attached to an aromatic ring is 1.